The molecule has 2 fully saturated rings. The van der Waals surface area contributed by atoms with Crippen molar-refractivity contribution in [3.63, 3.8) is 0 Å². The first-order valence-corrected chi connectivity index (χ1v) is 11.0. The minimum Gasteiger partial charge on any atom is -0.374 e. The van der Waals surface area contributed by atoms with Crippen LogP contribution < -0.4 is 5.32 Å². The van der Waals surface area contributed by atoms with Crippen LogP contribution in [0.1, 0.15) is 24.0 Å². The van der Waals surface area contributed by atoms with Crippen molar-refractivity contribution in [3.8, 4) is 0 Å². The van der Waals surface area contributed by atoms with Gasteiger partial charge in [0.1, 0.15) is 11.6 Å². The quantitative estimate of drug-likeness (QED) is 0.745. The standard InChI is InChI=1S/C25H31N3O3/c1-27-16-13-25(14-17-27)24(30)26-22(19-31-18-21-10-6-3-7-11-21)23(29)28(25)15-12-20-8-4-2-5-9-20/h2-11,22H,12-19H2,1H3,(H,26,30). The van der Waals surface area contributed by atoms with Crippen molar-refractivity contribution in [2.24, 2.45) is 0 Å². The minimum absolute atomic E-state index is 0.0341. The second-order valence-electron chi connectivity index (χ2n) is 8.59. The van der Waals surface area contributed by atoms with Crippen LogP contribution in [-0.4, -0.2) is 66.5 Å². The van der Waals surface area contributed by atoms with E-state index in [9.17, 15) is 9.59 Å². The molecular weight excluding hydrogens is 390 g/mol. The van der Waals surface area contributed by atoms with E-state index in [0.717, 1.165) is 25.1 Å². The fraction of sp³-hybridized carbons (Fsp3) is 0.440. The molecule has 2 aliphatic rings. The summed E-state index contributed by atoms with van der Waals surface area (Å²) in [5.41, 5.74) is 1.46. The van der Waals surface area contributed by atoms with Gasteiger partial charge in [-0.05, 0) is 37.4 Å². The zero-order chi connectivity index (χ0) is 21.7. The predicted molar refractivity (Wildman–Crippen MR) is 119 cm³/mol. The molecule has 1 spiro atoms. The molecule has 2 aromatic carbocycles. The topological polar surface area (TPSA) is 61.9 Å². The average molecular weight is 422 g/mol. The molecule has 2 heterocycles. The second kappa shape index (κ2) is 9.62. The molecule has 2 aromatic rings. The van der Waals surface area contributed by atoms with Gasteiger partial charge >= 0.3 is 0 Å². The zero-order valence-electron chi connectivity index (χ0n) is 18.1. The Morgan fingerprint density at radius 2 is 1.58 bits per heavy atom. The molecular formula is C25H31N3O3. The summed E-state index contributed by atoms with van der Waals surface area (Å²) in [4.78, 5) is 30.9. The second-order valence-corrected chi connectivity index (χ2v) is 8.59. The maximum Gasteiger partial charge on any atom is 0.248 e. The number of amides is 2. The van der Waals surface area contributed by atoms with Gasteiger partial charge in [0.05, 0.1) is 13.2 Å². The van der Waals surface area contributed by atoms with Gasteiger partial charge in [0.2, 0.25) is 11.8 Å². The van der Waals surface area contributed by atoms with E-state index in [-0.39, 0.29) is 18.4 Å². The van der Waals surface area contributed by atoms with Gasteiger partial charge in [-0.2, -0.15) is 0 Å². The van der Waals surface area contributed by atoms with Gasteiger partial charge in [0.25, 0.3) is 0 Å². The van der Waals surface area contributed by atoms with Crippen molar-refractivity contribution in [2.75, 3.05) is 33.3 Å². The molecule has 1 atom stereocenters. The highest BCUT2D eigenvalue weighted by Crippen LogP contribution is 2.33. The molecule has 2 saturated heterocycles. The number of piperidine rings is 1. The summed E-state index contributed by atoms with van der Waals surface area (Å²) in [5.74, 6) is -0.0743. The van der Waals surface area contributed by atoms with Gasteiger partial charge in [0, 0.05) is 19.6 Å². The lowest BCUT2D eigenvalue weighted by Gasteiger charge is -2.51. The minimum atomic E-state index is -0.756. The molecule has 0 saturated carbocycles. The van der Waals surface area contributed by atoms with Crippen LogP contribution in [0.15, 0.2) is 60.7 Å². The summed E-state index contributed by atoms with van der Waals surface area (Å²) in [5, 5.41) is 2.98. The van der Waals surface area contributed by atoms with Crippen molar-refractivity contribution in [1.29, 1.82) is 0 Å². The molecule has 6 nitrogen and oxygen atoms in total. The van der Waals surface area contributed by atoms with E-state index in [1.807, 2.05) is 53.4 Å². The number of nitrogens with one attached hydrogen (secondary N) is 1. The highest BCUT2D eigenvalue weighted by atomic mass is 16.5. The van der Waals surface area contributed by atoms with Crippen LogP contribution in [0, 0.1) is 0 Å². The molecule has 2 aliphatic heterocycles. The summed E-state index contributed by atoms with van der Waals surface area (Å²) < 4.78 is 5.81. The molecule has 0 bridgehead atoms. The Morgan fingerprint density at radius 1 is 0.968 bits per heavy atom. The zero-order valence-corrected chi connectivity index (χ0v) is 18.1. The van der Waals surface area contributed by atoms with Crippen LogP contribution in [0.3, 0.4) is 0 Å². The number of rotatable bonds is 7. The first kappa shape index (κ1) is 21.5. The Labute approximate surface area is 184 Å². The molecule has 2 amide bonds. The number of likely N-dealkylation sites (tertiary alicyclic amines) is 1. The number of carbonyl (C=O) groups is 2. The Hall–Kier alpha value is -2.70. The molecule has 0 radical (unpaired) electrons. The molecule has 1 N–H and O–H groups in total. The van der Waals surface area contributed by atoms with Crippen molar-refractivity contribution < 1.29 is 14.3 Å². The van der Waals surface area contributed by atoms with Crippen LogP contribution in [0.25, 0.3) is 0 Å². The Bertz CT molecular complexity index is 879. The molecule has 1 unspecified atom stereocenters. The van der Waals surface area contributed by atoms with E-state index in [1.54, 1.807) is 0 Å². The van der Waals surface area contributed by atoms with E-state index in [2.05, 4.69) is 29.4 Å². The number of hydrogen-bond donors (Lipinski definition) is 1. The molecule has 0 aliphatic carbocycles. The normalized spacial score (nSPS) is 21.3. The van der Waals surface area contributed by atoms with Crippen molar-refractivity contribution in [3.05, 3.63) is 71.8 Å². The highest BCUT2D eigenvalue weighted by molar-refractivity contribution is 6.00. The van der Waals surface area contributed by atoms with Gasteiger partial charge < -0.3 is 19.9 Å². The lowest BCUT2D eigenvalue weighted by Crippen LogP contribution is -2.73. The number of carbonyl (C=O) groups excluding carboxylic acids is 2. The largest absolute Gasteiger partial charge is 0.374 e. The van der Waals surface area contributed by atoms with Gasteiger partial charge in [-0.3, -0.25) is 9.59 Å². The van der Waals surface area contributed by atoms with Crippen LogP contribution in [0.5, 0.6) is 0 Å². The van der Waals surface area contributed by atoms with E-state index in [4.69, 9.17) is 4.74 Å². The van der Waals surface area contributed by atoms with Gasteiger partial charge in [-0.25, -0.2) is 0 Å². The monoisotopic (exact) mass is 421 g/mol. The molecule has 6 heteroatoms. The summed E-state index contributed by atoms with van der Waals surface area (Å²) in [6.45, 7) is 2.74. The van der Waals surface area contributed by atoms with Gasteiger partial charge in [0.15, 0.2) is 0 Å². The number of benzene rings is 2. The summed E-state index contributed by atoms with van der Waals surface area (Å²) in [7, 11) is 2.06. The highest BCUT2D eigenvalue weighted by Gasteiger charge is 2.53. The Kier molecular flexibility index (Phi) is 6.68. The van der Waals surface area contributed by atoms with E-state index >= 15 is 0 Å². The van der Waals surface area contributed by atoms with Crippen molar-refractivity contribution in [2.45, 2.75) is 37.5 Å². The van der Waals surface area contributed by atoms with Crippen molar-refractivity contribution >= 4 is 11.8 Å². The van der Waals surface area contributed by atoms with E-state index < -0.39 is 11.6 Å². The third-order valence-electron chi connectivity index (χ3n) is 6.49. The first-order valence-electron chi connectivity index (χ1n) is 11.0. The fourth-order valence-corrected chi connectivity index (χ4v) is 4.55. The third-order valence-corrected chi connectivity index (χ3v) is 6.49. The maximum absolute atomic E-state index is 13.5. The lowest BCUT2D eigenvalue weighted by molar-refractivity contribution is -0.162. The molecule has 4 rings (SSSR count). The van der Waals surface area contributed by atoms with Gasteiger partial charge in [-0.1, -0.05) is 60.7 Å². The molecule has 31 heavy (non-hydrogen) atoms. The van der Waals surface area contributed by atoms with Crippen molar-refractivity contribution in [1.82, 2.24) is 15.1 Å². The first-order chi connectivity index (χ1) is 15.1. The fourth-order valence-electron chi connectivity index (χ4n) is 4.55. The van der Waals surface area contributed by atoms with Crippen LogP contribution in [-0.2, 0) is 27.4 Å². The van der Waals surface area contributed by atoms with Crippen LogP contribution >= 0.6 is 0 Å². The van der Waals surface area contributed by atoms with Crippen LogP contribution in [0.2, 0.25) is 0 Å². The molecule has 0 aromatic heterocycles. The average Bonchev–Trinajstić information content (AvgIpc) is 2.80. The number of ether oxygens (including phenoxy) is 1. The van der Waals surface area contributed by atoms with E-state index in [1.165, 1.54) is 5.56 Å². The Morgan fingerprint density at radius 3 is 2.23 bits per heavy atom. The SMILES string of the molecule is CN1CCC2(CC1)C(=O)NC(COCc1ccccc1)C(=O)N2CCc1ccccc1. The summed E-state index contributed by atoms with van der Waals surface area (Å²) in [6, 6.07) is 19.3. The summed E-state index contributed by atoms with van der Waals surface area (Å²) >= 11 is 0. The number of piperazine rings is 1. The lowest BCUT2D eigenvalue weighted by atomic mass is 9.81. The van der Waals surface area contributed by atoms with Gasteiger partial charge in [-0.15, -0.1) is 0 Å². The summed E-state index contributed by atoms with van der Waals surface area (Å²) in [6.07, 6.45) is 2.05. The van der Waals surface area contributed by atoms with Crippen LogP contribution in [0.4, 0.5) is 0 Å². The smallest absolute Gasteiger partial charge is 0.248 e. The Balaban J connectivity index is 1.47. The van der Waals surface area contributed by atoms with E-state index in [0.29, 0.717) is 26.0 Å². The number of nitrogens with zero attached hydrogens (tertiary/aromatic N) is 2. The molecule has 164 valence electrons. The maximum atomic E-state index is 13.5. The third kappa shape index (κ3) is 4.81. The number of hydrogen-bond acceptors (Lipinski definition) is 4. The predicted octanol–water partition coefficient (Wildman–Crippen LogP) is 2.24.